The quantitative estimate of drug-likeness (QED) is 0.854. The van der Waals surface area contributed by atoms with Crippen molar-refractivity contribution in [2.45, 2.75) is 18.9 Å². The van der Waals surface area contributed by atoms with Gasteiger partial charge in [0.2, 0.25) is 0 Å². The molecule has 1 aliphatic heterocycles. The van der Waals surface area contributed by atoms with Crippen molar-refractivity contribution < 1.29 is 4.79 Å². The van der Waals surface area contributed by atoms with E-state index >= 15 is 0 Å². The second-order valence-corrected chi connectivity index (χ2v) is 6.29. The van der Waals surface area contributed by atoms with E-state index in [-0.39, 0.29) is 11.9 Å². The van der Waals surface area contributed by atoms with Gasteiger partial charge in [-0.1, -0.05) is 17.7 Å². The van der Waals surface area contributed by atoms with Gasteiger partial charge in [-0.3, -0.25) is 4.79 Å². The van der Waals surface area contributed by atoms with E-state index < -0.39 is 0 Å². The summed E-state index contributed by atoms with van der Waals surface area (Å²) in [5.41, 5.74) is 6.84. The maximum atomic E-state index is 12.6. The molecule has 1 amide bonds. The number of halogens is 1. The third-order valence-electron chi connectivity index (χ3n) is 3.63. The summed E-state index contributed by atoms with van der Waals surface area (Å²) >= 11 is 7.61. The number of nitrogens with two attached hydrogens (primary N) is 1. The Morgan fingerprint density at radius 2 is 2.25 bits per heavy atom. The number of carbonyl (C=O) groups excluding carboxylic acids is 1. The maximum absolute atomic E-state index is 12.6. The van der Waals surface area contributed by atoms with Crippen LogP contribution in [-0.2, 0) is 0 Å². The van der Waals surface area contributed by atoms with Crippen LogP contribution in [0.15, 0.2) is 35.7 Å². The molecule has 3 rings (SSSR count). The average Bonchev–Trinajstić information content (AvgIpc) is 3.10. The van der Waals surface area contributed by atoms with Gasteiger partial charge in [0.15, 0.2) is 0 Å². The van der Waals surface area contributed by atoms with E-state index in [9.17, 15) is 4.79 Å². The van der Waals surface area contributed by atoms with E-state index in [2.05, 4.69) is 11.4 Å². The molecule has 1 saturated heterocycles. The molecule has 2 aromatic rings. The van der Waals surface area contributed by atoms with Crippen molar-refractivity contribution in [2.24, 2.45) is 0 Å². The number of nitrogen functional groups attached to an aromatic ring is 1. The van der Waals surface area contributed by atoms with Gasteiger partial charge < -0.3 is 10.6 Å². The van der Waals surface area contributed by atoms with E-state index in [0.29, 0.717) is 16.3 Å². The molecule has 1 unspecified atom stereocenters. The fraction of sp³-hybridized carbons (Fsp3) is 0.267. The molecule has 3 nitrogen and oxygen atoms in total. The largest absolute Gasteiger partial charge is 0.398 e. The first-order valence-electron chi connectivity index (χ1n) is 6.56. The number of hydrogen-bond donors (Lipinski definition) is 1. The van der Waals surface area contributed by atoms with Crippen molar-refractivity contribution in [3.05, 3.63) is 51.2 Å². The minimum atomic E-state index is 0.0317. The number of hydrogen-bond acceptors (Lipinski definition) is 3. The van der Waals surface area contributed by atoms with Crippen molar-refractivity contribution >= 4 is 34.5 Å². The standard InChI is InChI=1S/C15H15ClN2OS/c16-11-6-5-10(9-12(11)17)15(19)18-7-1-3-13(18)14-4-2-8-20-14/h2,4-6,8-9,13H,1,3,7,17H2. The van der Waals surface area contributed by atoms with E-state index in [1.165, 1.54) is 4.88 Å². The van der Waals surface area contributed by atoms with E-state index in [1.807, 2.05) is 11.0 Å². The maximum Gasteiger partial charge on any atom is 0.254 e. The van der Waals surface area contributed by atoms with Crippen LogP contribution in [0.1, 0.15) is 34.1 Å². The van der Waals surface area contributed by atoms with Gasteiger partial charge in [0.25, 0.3) is 5.91 Å². The van der Waals surface area contributed by atoms with Crippen LogP contribution < -0.4 is 5.73 Å². The summed E-state index contributed by atoms with van der Waals surface area (Å²) in [6.07, 6.45) is 2.06. The van der Waals surface area contributed by atoms with Gasteiger partial charge in [-0.25, -0.2) is 0 Å². The van der Waals surface area contributed by atoms with Gasteiger partial charge in [-0.15, -0.1) is 11.3 Å². The van der Waals surface area contributed by atoms with Crippen LogP contribution in [0.25, 0.3) is 0 Å². The lowest BCUT2D eigenvalue weighted by atomic mass is 10.1. The highest BCUT2D eigenvalue weighted by Crippen LogP contribution is 2.35. The lowest BCUT2D eigenvalue weighted by molar-refractivity contribution is 0.0738. The Labute approximate surface area is 127 Å². The Bertz CT molecular complexity index is 627. The lowest BCUT2D eigenvalue weighted by Gasteiger charge is -2.24. The molecule has 0 aliphatic carbocycles. The molecule has 104 valence electrons. The minimum Gasteiger partial charge on any atom is -0.398 e. The van der Waals surface area contributed by atoms with Crippen LogP contribution in [0.3, 0.4) is 0 Å². The van der Waals surface area contributed by atoms with Crippen LogP contribution in [0.4, 0.5) is 5.69 Å². The van der Waals surface area contributed by atoms with Crippen LogP contribution >= 0.6 is 22.9 Å². The fourth-order valence-electron chi connectivity index (χ4n) is 2.63. The molecule has 1 aliphatic rings. The first kappa shape index (κ1) is 13.5. The second-order valence-electron chi connectivity index (χ2n) is 4.91. The van der Waals surface area contributed by atoms with Crippen molar-refractivity contribution in [1.29, 1.82) is 0 Å². The van der Waals surface area contributed by atoms with Gasteiger partial charge in [-0.05, 0) is 42.5 Å². The van der Waals surface area contributed by atoms with Gasteiger partial charge in [0.1, 0.15) is 0 Å². The lowest BCUT2D eigenvalue weighted by Crippen LogP contribution is -2.30. The second kappa shape index (κ2) is 5.46. The molecule has 2 N–H and O–H groups in total. The molecule has 2 heterocycles. The molecule has 1 aromatic heterocycles. The first-order valence-corrected chi connectivity index (χ1v) is 7.82. The zero-order valence-electron chi connectivity index (χ0n) is 10.9. The number of amides is 1. The Hall–Kier alpha value is -1.52. The first-order chi connectivity index (χ1) is 9.66. The molecular formula is C15H15ClN2OS. The zero-order valence-corrected chi connectivity index (χ0v) is 12.5. The molecule has 1 atom stereocenters. The summed E-state index contributed by atoms with van der Waals surface area (Å²) in [5, 5.41) is 2.54. The normalized spacial score (nSPS) is 18.4. The summed E-state index contributed by atoms with van der Waals surface area (Å²) in [5.74, 6) is 0.0317. The summed E-state index contributed by atoms with van der Waals surface area (Å²) < 4.78 is 0. The van der Waals surface area contributed by atoms with Crippen LogP contribution in [0, 0.1) is 0 Å². The predicted molar refractivity (Wildman–Crippen MR) is 83.2 cm³/mol. The number of carbonyl (C=O) groups is 1. The highest BCUT2D eigenvalue weighted by molar-refractivity contribution is 7.10. The van der Waals surface area contributed by atoms with Crippen molar-refractivity contribution in [2.75, 3.05) is 12.3 Å². The topological polar surface area (TPSA) is 46.3 Å². The van der Waals surface area contributed by atoms with Crippen molar-refractivity contribution in [3.63, 3.8) is 0 Å². The fourth-order valence-corrected chi connectivity index (χ4v) is 3.62. The summed E-state index contributed by atoms with van der Waals surface area (Å²) in [6.45, 7) is 0.796. The van der Waals surface area contributed by atoms with Crippen molar-refractivity contribution in [1.82, 2.24) is 4.90 Å². The van der Waals surface area contributed by atoms with Gasteiger partial charge in [-0.2, -0.15) is 0 Å². The number of thiophene rings is 1. The van der Waals surface area contributed by atoms with E-state index in [0.717, 1.165) is 19.4 Å². The molecule has 1 aromatic carbocycles. The van der Waals surface area contributed by atoms with E-state index in [1.54, 1.807) is 29.5 Å². The number of benzene rings is 1. The molecule has 0 spiro atoms. The van der Waals surface area contributed by atoms with Crippen molar-refractivity contribution in [3.8, 4) is 0 Å². The number of anilines is 1. The minimum absolute atomic E-state index is 0.0317. The third-order valence-corrected chi connectivity index (χ3v) is 4.95. The Kier molecular flexibility index (Phi) is 3.68. The predicted octanol–water partition coefficient (Wildman–Crippen LogP) is 3.96. The van der Waals surface area contributed by atoms with E-state index in [4.69, 9.17) is 17.3 Å². The van der Waals surface area contributed by atoms with Gasteiger partial charge in [0.05, 0.1) is 16.8 Å². The van der Waals surface area contributed by atoms with Crippen LogP contribution in [-0.4, -0.2) is 17.4 Å². The highest BCUT2D eigenvalue weighted by Gasteiger charge is 2.31. The molecule has 5 heteroatoms. The molecule has 0 radical (unpaired) electrons. The molecule has 0 saturated carbocycles. The highest BCUT2D eigenvalue weighted by atomic mass is 35.5. The van der Waals surface area contributed by atoms with Gasteiger partial charge >= 0.3 is 0 Å². The van der Waals surface area contributed by atoms with Gasteiger partial charge in [0, 0.05) is 17.0 Å². The number of nitrogens with zero attached hydrogens (tertiary/aromatic N) is 1. The number of rotatable bonds is 2. The summed E-state index contributed by atoms with van der Waals surface area (Å²) in [6, 6.07) is 9.40. The zero-order chi connectivity index (χ0) is 14.1. The Morgan fingerprint density at radius 3 is 2.95 bits per heavy atom. The third kappa shape index (κ3) is 2.41. The SMILES string of the molecule is Nc1cc(C(=O)N2CCCC2c2cccs2)ccc1Cl. The molecular weight excluding hydrogens is 292 g/mol. The molecule has 1 fully saturated rings. The smallest absolute Gasteiger partial charge is 0.254 e. The Morgan fingerprint density at radius 1 is 1.40 bits per heavy atom. The van der Waals surface area contributed by atoms with Crippen LogP contribution in [0.2, 0.25) is 5.02 Å². The summed E-state index contributed by atoms with van der Waals surface area (Å²) in [7, 11) is 0. The monoisotopic (exact) mass is 306 g/mol. The summed E-state index contributed by atoms with van der Waals surface area (Å²) in [4.78, 5) is 15.8. The molecule has 0 bridgehead atoms. The Balaban J connectivity index is 1.87. The van der Waals surface area contributed by atoms with Crippen LogP contribution in [0.5, 0.6) is 0 Å². The average molecular weight is 307 g/mol. The molecule has 20 heavy (non-hydrogen) atoms. The number of likely N-dealkylation sites (tertiary alicyclic amines) is 1.